The highest BCUT2D eigenvalue weighted by molar-refractivity contribution is 5.77. The monoisotopic (exact) mass is 1230 g/mol. The number of aliphatic hydroxyl groups is 21. The van der Waals surface area contributed by atoms with Crippen molar-refractivity contribution >= 4 is 18.1 Å². The highest BCUT2D eigenvalue weighted by atomic mass is 16.8. The number of carbonyl (C=O) groups is 3. The summed E-state index contributed by atoms with van der Waals surface area (Å²) in [6.07, 6.45) is -65.0. The van der Waals surface area contributed by atoms with Crippen LogP contribution in [0, 0.1) is 0 Å². The van der Waals surface area contributed by atoms with Gasteiger partial charge >= 0.3 is 0 Å². The van der Waals surface area contributed by atoms with E-state index in [9.17, 15) is 122 Å². The molecule has 2 amide bonds. The van der Waals surface area contributed by atoms with Gasteiger partial charge in [-0.05, 0) is 0 Å². The first-order valence-electron chi connectivity index (χ1n) is 26.4. The lowest BCUT2D eigenvalue weighted by Gasteiger charge is -2.49. The number of carbonyl (C=O) groups excluding carboxylic acids is 3. The Morgan fingerprint density at radius 3 is 1.23 bits per heavy atom. The first-order chi connectivity index (χ1) is 39.7. The van der Waals surface area contributed by atoms with Crippen LogP contribution in [-0.2, 0) is 71.2 Å². The summed E-state index contributed by atoms with van der Waals surface area (Å²) in [5.74, 6) is -1.76. The Hall–Kier alpha value is -2.71. The Morgan fingerprint density at radius 2 is 0.810 bits per heavy atom. The number of hydrogen-bond donors (Lipinski definition) is 23. The molecule has 0 bridgehead atoms. The molecule has 6 aliphatic rings. The van der Waals surface area contributed by atoms with Crippen LogP contribution in [0.3, 0.4) is 0 Å². The average Bonchev–Trinajstić information content (AvgIpc) is 2.81. The van der Waals surface area contributed by atoms with Crippen molar-refractivity contribution in [2.45, 2.75) is 222 Å². The van der Waals surface area contributed by atoms with Crippen LogP contribution < -0.4 is 10.6 Å². The van der Waals surface area contributed by atoms with Crippen LogP contribution in [0.1, 0.15) is 13.8 Å². The van der Waals surface area contributed by atoms with Crippen molar-refractivity contribution in [3.63, 3.8) is 0 Å². The van der Waals surface area contributed by atoms with Crippen LogP contribution in [0.15, 0.2) is 0 Å². The molecule has 0 radical (unpaired) electrons. The number of amides is 2. The van der Waals surface area contributed by atoms with Gasteiger partial charge in [0.25, 0.3) is 0 Å². The lowest BCUT2D eigenvalue weighted by atomic mass is 9.94. The van der Waals surface area contributed by atoms with Crippen molar-refractivity contribution in [1.29, 1.82) is 0 Å². The highest BCUT2D eigenvalue weighted by Crippen LogP contribution is 2.36. The van der Waals surface area contributed by atoms with Gasteiger partial charge in [-0.1, -0.05) is 0 Å². The van der Waals surface area contributed by atoms with E-state index < -0.39 is 267 Å². The van der Waals surface area contributed by atoms with E-state index in [-0.39, 0.29) is 6.29 Å². The van der Waals surface area contributed by atoms with Crippen molar-refractivity contribution in [3.8, 4) is 0 Å². The second-order valence-corrected chi connectivity index (χ2v) is 20.8. The molecule has 23 N–H and O–H groups in total. The first kappa shape index (κ1) is 70.4. The zero-order valence-electron chi connectivity index (χ0n) is 44.7. The number of rotatable bonds is 25. The maximum Gasteiger partial charge on any atom is 0.217 e. The van der Waals surface area contributed by atoms with Crippen LogP contribution in [0.25, 0.3) is 0 Å². The zero-order valence-corrected chi connectivity index (χ0v) is 44.7. The smallest absolute Gasteiger partial charge is 0.217 e. The SMILES string of the molecule is CC(=O)NC(C=O)C(O)C(OC1OC(CO)C(OC2OC(COC3OC(COC4OC(CO)C(O)C(O)C4O)C(O)C(OC4OC(CO)C(O)C(O)C4O)C3O)C(O)C(OC3OC(CO)C(O)C(O)C3O)C2O)C(O)C1NC(C)=O)C(O)CO. The van der Waals surface area contributed by atoms with Crippen LogP contribution in [-0.4, -0.2) is 380 Å². The fraction of sp³-hybridized carbons (Fsp3) is 0.935. The van der Waals surface area contributed by atoms with Crippen LogP contribution in [0.2, 0.25) is 0 Å². The molecule has 38 heteroatoms. The van der Waals surface area contributed by atoms with E-state index >= 15 is 0 Å². The minimum Gasteiger partial charge on any atom is -0.394 e. The van der Waals surface area contributed by atoms with E-state index in [0.29, 0.717) is 0 Å². The molecule has 0 spiro atoms. The maximum absolute atomic E-state index is 12.6. The Bertz CT molecular complexity index is 2040. The second-order valence-electron chi connectivity index (χ2n) is 20.8. The number of aldehydes is 1. The Labute approximate surface area is 475 Å². The Balaban J connectivity index is 1.31. The van der Waals surface area contributed by atoms with Gasteiger partial charge in [0.05, 0.1) is 46.2 Å². The summed E-state index contributed by atoms with van der Waals surface area (Å²) >= 11 is 0. The van der Waals surface area contributed by atoms with Crippen molar-refractivity contribution in [3.05, 3.63) is 0 Å². The molecule has 0 aromatic rings. The third kappa shape index (κ3) is 15.8. The molecule has 38 nitrogen and oxygen atoms in total. The summed E-state index contributed by atoms with van der Waals surface area (Å²) in [5, 5.41) is 230. The molecule has 6 fully saturated rings. The summed E-state index contributed by atoms with van der Waals surface area (Å²) in [6, 6.07) is -3.69. The predicted molar refractivity (Wildman–Crippen MR) is 256 cm³/mol. The number of hydrogen-bond acceptors (Lipinski definition) is 36. The average molecular weight is 1240 g/mol. The summed E-state index contributed by atoms with van der Waals surface area (Å²) < 4.78 is 68.5. The summed E-state index contributed by atoms with van der Waals surface area (Å²) in [4.78, 5) is 36.3. The molecule has 6 heterocycles. The van der Waals surface area contributed by atoms with E-state index in [1.54, 1.807) is 0 Å². The van der Waals surface area contributed by atoms with Gasteiger partial charge in [-0.3, -0.25) is 9.59 Å². The van der Waals surface area contributed by atoms with Gasteiger partial charge in [-0.15, -0.1) is 0 Å². The quantitative estimate of drug-likeness (QED) is 0.0377. The van der Waals surface area contributed by atoms with Crippen molar-refractivity contribution in [2.24, 2.45) is 0 Å². The Kier molecular flexibility index (Phi) is 26.1. The van der Waals surface area contributed by atoms with Gasteiger partial charge in [0.2, 0.25) is 11.8 Å². The summed E-state index contributed by atoms with van der Waals surface area (Å²) in [7, 11) is 0. The first-order valence-corrected chi connectivity index (χ1v) is 26.4. The highest BCUT2D eigenvalue weighted by Gasteiger charge is 2.57. The van der Waals surface area contributed by atoms with E-state index in [1.165, 1.54) is 0 Å². The molecular formula is C46H78N2O36. The molecule has 6 saturated heterocycles. The summed E-state index contributed by atoms with van der Waals surface area (Å²) in [5.41, 5.74) is 0. The van der Waals surface area contributed by atoms with Gasteiger partial charge in [-0.2, -0.15) is 0 Å². The molecular weight excluding hydrogens is 1160 g/mol. The third-order valence-electron chi connectivity index (χ3n) is 14.9. The predicted octanol–water partition coefficient (Wildman–Crippen LogP) is -16.1. The molecule has 0 aromatic heterocycles. The minimum absolute atomic E-state index is 0.0604. The van der Waals surface area contributed by atoms with Gasteiger partial charge in [-0.25, -0.2) is 0 Å². The molecule has 34 atom stereocenters. The lowest BCUT2D eigenvalue weighted by molar-refractivity contribution is -0.386. The van der Waals surface area contributed by atoms with Gasteiger partial charge in [0.1, 0.15) is 177 Å². The van der Waals surface area contributed by atoms with Gasteiger partial charge in [0, 0.05) is 13.8 Å². The summed E-state index contributed by atoms with van der Waals surface area (Å²) in [6.45, 7) is -5.26. The van der Waals surface area contributed by atoms with E-state index in [1.807, 2.05) is 0 Å². The molecule has 6 rings (SSSR count). The van der Waals surface area contributed by atoms with Gasteiger partial charge in [0.15, 0.2) is 37.7 Å². The van der Waals surface area contributed by atoms with Crippen LogP contribution >= 0.6 is 0 Å². The molecule has 0 saturated carbocycles. The second kappa shape index (κ2) is 31.2. The molecule has 84 heavy (non-hydrogen) atoms. The Morgan fingerprint density at radius 1 is 0.440 bits per heavy atom. The fourth-order valence-electron chi connectivity index (χ4n) is 10.1. The molecule has 34 unspecified atom stereocenters. The molecule has 488 valence electrons. The van der Waals surface area contributed by atoms with Gasteiger partial charge < -0.3 is 180 Å². The maximum atomic E-state index is 12.6. The minimum atomic E-state index is -2.37. The third-order valence-corrected chi connectivity index (χ3v) is 14.9. The van der Waals surface area contributed by atoms with E-state index in [0.717, 1.165) is 13.8 Å². The van der Waals surface area contributed by atoms with E-state index in [2.05, 4.69) is 10.6 Å². The van der Waals surface area contributed by atoms with Crippen molar-refractivity contribution in [1.82, 2.24) is 10.6 Å². The fourth-order valence-corrected chi connectivity index (χ4v) is 10.1. The number of aliphatic hydroxyl groups excluding tert-OH is 21. The van der Waals surface area contributed by atoms with Crippen LogP contribution in [0.5, 0.6) is 0 Å². The number of ether oxygens (including phenoxy) is 12. The standard InChI is InChI=1S/C46H78N2O36/c1-11(55)47-13(3-49)22(58)37(14(57)4-50)81-41-21(48-12(2)56)28(64)38(18(8-54)78-41)82-46-36(72)40(84-45-34(70)31(67)25(61)17(7-53)77-45)27(63)20(80-46)10-74-43-35(71)39(83-44-33(69)30(66)24(60)16(6-52)76-44)26(62)19(79-43)9-73-42-32(68)29(65)23(59)15(5-51)75-42/h3,13-46,50-54,57-72H,4-10H2,1-2H3,(H,47,55)(H,48,56). The topological polar surface area (TPSA) is 611 Å². The lowest BCUT2D eigenvalue weighted by Crippen LogP contribution is -2.69. The van der Waals surface area contributed by atoms with E-state index in [4.69, 9.17) is 56.8 Å². The normalized spacial score (nSPS) is 46.3. The largest absolute Gasteiger partial charge is 0.394 e. The zero-order chi connectivity index (χ0) is 62.3. The van der Waals surface area contributed by atoms with Crippen LogP contribution in [0.4, 0.5) is 0 Å². The molecule has 0 aromatic carbocycles. The van der Waals surface area contributed by atoms with Crippen molar-refractivity contribution < 1.29 is 178 Å². The number of nitrogens with one attached hydrogen (secondary N) is 2. The molecule has 6 aliphatic heterocycles. The van der Waals surface area contributed by atoms with Crippen molar-refractivity contribution in [2.75, 3.05) is 46.2 Å². The molecule has 0 aliphatic carbocycles.